The molecule has 2 aromatic carbocycles. The van der Waals surface area contributed by atoms with E-state index in [1.807, 2.05) is 18.2 Å². The average molecular weight is 411 g/mol. The molecule has 2 aromatic rings. The Balaban J connectivity index is 1.58. The van der Waals surface area contributed by atoms with E-state index in [-0.39, 0.29) is 18.2 Å². The fraction of sp³-hybridized carbons (Fsp3) is 0.263. The van der Waals surface area contributed by atoms with Gasteiger partial charge >= 0.3 is 0 Å². The van der Waals surface area contributed by atoms with Crippen LogP contribution < -0.4 is 5.32 Å². The minimum atomic E-state index is -2.49. The Morgan fingerprint density at radius 2 is 1.93 bits per heavy atom. The Morgan fingerprint density at radius 1 is 1.22 bits per heavy atom. The fourth-order valence-corrected chi connectivity index (χ4v) is 3.59. The van der Waals surface area contributed by atoms with Crippen molar-refractivity contribution < 1.29 is 18.4 Å². The number of thioether (sulfide) groups is 1. The van der Waals surface area contributed by atoms with Gasteiger partial charge in [-0.05, 0) is 35.9 Å². The molecule has 1 N–H and O–H groups in total. The molecule has 8 heteroatoms. The van der Waals surface area contributed by atoms with E-state index in [2.05, 4.69) is 5.32 Å². The Kier molecular flexibility index (Phi) is 6.34. The lowest BCUT2D eigenvalue weighted by Gasteiger charge is -2.17. The van der Waals surface area contributed by atoms with Crippen LogP contribution in [0.3, 0.4) is 0 Å². The van der Waals surface area contributed by atoms with Gasteiger partial charge in [-0.2, -0.15) is 8.78 Å². The third-order valence-corrected chi connectivity index (χ3v) is 5.34. The van der Waals surface area contributed by atoms with Gasteiger partial charge in [-0.25, -0.2) is 0 Å². The van der Waals surface area contributed by atoms with E-state index < -0.39 is 11.7 Å². The summed E-state index contributed by atoms with van der Waals surface area (Å²) in [6, 6.07) is 13.5. The lowest BCUT2D eigenvalue weighted by molar-refractivity contribution is -0.128. The number of carbonyl (C=O) groups is 2. The largest absolute Gasteiger partial charge is 0.337 e. The van der Waals surface area contributed by atoms with Gasteiger partial charge < -0.3 is 10.2 Å². The van der Waals surface area contributed by atoms with Crippen LogP contribution in [0.25, 0.3) is 0 Å². The van der Waals surface area contributed by atoms with E-state index in [0.717, 1.165) is 5.56 Å². The number of rotatable bonds is 6. The topological polar surface area (TPSA) is 49.4 Å². The van der Waals surface area contributed by atoms with Gasteiger partial charge in [0.2, 0.25) is 11.8 Å². The molecule has 142 valence electrons. The molecular formula is C19H17ClF2N2O2S. The minimum Gasteiger partial charge on any atom is -0.337 e. The number of benzene rings is 2. The Hall–Kier alpha value is -2.12. The molecule has 0 saturated carbocycles. The maximum Gasteiger partial charge on any atom is 0.288 e. The number of anilines is 1. The second-order valence-corrected chi connectivity index (χ2v) is 7.63. The van der Waals surface area contributed by atoms with E-state index in [0.29, 0.717) is 40.5 Å². The Labute approximate surface area is 164 Å². The molecule has 1 atom stereocenters. The first-order valence-corrected chi connectivity index (χ1v) is 9.55. The molecule has 1 fully saturated rings. The molecule has 0 aliphatic carbocycles. The Bertz CT molecular complexity index is 833. The van der Waals surface area contributed by atoms with Crippen LogP contribution in [0.1, 0.15) is 12.0 Å². The van der Waals surface area contributed by atoms with Crippen LogP contribution in [0.4, 0.5) is 14.5 Å². The molecule has 0 bridgehead atoms. The van der Waals surface area contributed by atoms with Crippen molar-refractivity contribution in [2.45, 2.75) is 23.6 Å². The molecule has 4 nitrogen and oxygen atoms in total. The van der Waals surface area contributed by atoms with Crippen molar-refractivity contribution in [3.63, 3.8) is 0 Å². The van der Waals surface area contributed by atoms with Gasteiger partial charge in [-0.15, -0.1) is 0 Å². The number of halogens is 3. The normalized spacial score (nSPS) is 16.8. The lowest BCUT2D eigenvalue weighted by Crippen LogP contribution is -2.28. The highest BCUT2D eigenvalue weighted by molar-refractivity contribution is 7.99. The second kappa shape index (κ2) is 8.71. The summed E-state index contributed by atoms with van der Waals surface area (Å²) >= 11 is 6.58. The van der Waals surface area contributed by atoms with E-state index >= 15 is 0 Å². The maximum atomic E-state index is 12.4. The third-order valence-electron chi connectivity index (χ3n) is 4.25. The van der Waals surface area contributed by atoms with Crippen molar-refractivity contribution in [3.8, 4) is 0 Å². The number of hydrogen-bond donors (Lipinski definition) is 1. The summed E-state index contributed by atoms with van der Waals surface area (Å²) in [6.07, 6.45) is 0.135. The standard InChI is InChI=1S/C19H17ClF2N2O2S/c20-16-4-2-1-3-12(16)10-24-11-13(9-17(24)25)18(26)23-14-5-7-15(8-6-14)27-19(21)22/h1-8,13,19H,9-11H2,(H,23,26)/t13-/m0/s1. The molecule has 27 heavy (non-hydrogen) atoms. The molecule has 0 unspecified atom stereocenters. The van der Waals surface area contributed by atoms with E-state index in [4.69, 9.17) is 11.6 Å². The zero-order valence-corrected chi connectivity index (χ0v) is 15.8. The number of alkyl halides is 2. The highest BCUT2D eigenvalue weighted by atomic mass is 35.5. The van der Waals surface area contributed by atoms with Crippen LogP contribution >= 0.6 is 23.4 Å². The molecular weight excluding hydrogens is 394 g/mol. The van der Waals surface area contributed by atoms with Gasteiger partial charge in [0.1, 0.15) is 0 Å². The summed E-state index contributed by atoms with van der Waals surface area (Å²) in [7, 11) is 0. The second-order valence-electron chi connectivity index (χ2n) is 6.16. The van der Waals surface area contributed by atoms with Crippen molar-refractivity contribution in [1.29, 1.82) is 0 Å². The number of nitrogens with one attached hydrogen (secondary N) is 1. The van der Waals surface area contributed by atoms with Crippen LogP contribution in [0, 0.1) is 5.92 Å². The monoisotopic (exact) mass is 410 g/mol. The summed E-state index contributed by atoms with van der Waals surface area (Å²) in [5.74, 6) is -3.31. The molecule has 1 heterocycles. The number of hydrogen-bond acceptors (Lipinski definition) is 3. The smallest absolute Gasteiger partial charge is 0.288 e. The van der Waals surface area contributed by atoms with Gasteiger partial charge in [-0.3, -0.25) is 9.59 Å². The molecule has 1 aliphatic heterocycles. The van der Waals surface area contributed by atoms with Gasteiger partial charge in [0.05, 0.1) is 5.92 Å². The van der Waals surface area contributed by atoms with Crippen molar-refractivity contribution in [1.82, 2.24) is 4.90 Å². The highest BCUT2D eigenvalue weighted by Crippen LogP contribution is 2.27. The molecule has 3 rings (SSSR count). The molecule has 1 saturated heterocycles. The molecule has 2 amide bonds. The zero-order chi connectivity index (χ0) is 19.4. The van der Waals surface area contributed by atoms with E-state index in [1.54, 1.807) is 23.1 Å². The first kappa shape index (κ1) is 19.6. The average Bonchev–Trinajstić information content (AvgIpc) is 2.99. The third kappa shape index (κ3) is 5.20. The van der Waals surface area contributed by atoms with Crippen LogP contribution in [0.2, 0.25) is 5.02 Å². The molecule has 0 radical (unpaired) electrons. The highest BCUT2D eigenvalue weighted by Gasteiger charge is 2.34. The number of amides is 2. The quantitative estimate of drug-likeness (QED) is 0.706. The van der Waals surface area contributed by atoms with Gasteiger partial charge in [0.15, 0.2) is 0 Å². The predicted molar refractivity (Wildman–Crippen MR) is 102 cm³/mol. The van der Waals surface area contributed by atoms with Crippen molar-refractivity contribution in [3.05, 3.63) is 59.1 Å². The summed E-state index contributed by atoms with van der Waals surface area (Å²) in [5.41, 5.74) is 1.34. The van der Waals surface area contributed by atoms with E-state index in [9.17, 15) is 18.4 Å². The van der Waals surface area contributed by atoms with Crippen LogP contribution in [-0.4, -0.2) is 29.0 Å². The fourth-order valence-electron chi connectivity index (χ4n) is 2.90. The van der Waals surface area contributed by atoms with Gasteiger partial charge in [0.25, 0.3) is 5.76 Å². The first-order valence-electron chi connectivity index (χ1n) is 8.29. The summed E-state index contributed by atoms with van der Waals surface area (Å²) in [6.45, 7) is 0.678. The molecule has 0 spiro atoms. The summed E-state index contributed by atoms with van der Waals surface area (Å²) in [5, 5.41) is 3.32. The first-order chi connectivity index (χ1) is 12.9. The maximum absolute atomic E-state index is 12.4. The predicted octanol–water partition coefficient (Wildman–Crippen LogP) is 4.64. The number of likely N-dealkylation sites (tertiary alicyclic amines) is 1. The van der Waals surface area contributed by atoms with Gasteiger partial charge in [0, 0.05) is 35.1 Å². The van der Waals surface area contributed by atoms with Crippen LogP contribution in [0.5, 0.6) is 0 Å². The molecule has 0 aromatic heterocycles. The molecule has 1 aliphatic rings. The van der Waals surface area contributed by atoms with Crippen LogP contribution in [0.15, 0.2) is 53.4 Å². The number of nitrogens with zero attached hydrogens (tertiary/aromatic N) is 1. The zero-order valence-electron chi connectivity index (χ0n) is 14.2. The van der Waals surface area contributed by atoms with Crippen LogP contribution in [-0.2, 0) is 16.1 Å². The van der Waals surface area contributed by atoms with E-state index in [1.165, 1.54) is 12.1 Å². The Morgan fingerprint density at radius 3 is 2.59 bits per heavy atom. The lowest BCUT2D eigenvalue weighted by atomic mass is 10.1. The van der Waals surface area contributed by atoms with Crippen molar-refractivity contribution >= 4 is 40.9 Å². The number of carbonyl (C=O) groups excluding carboxylic acids is 2. The summed E-state index contributed by atoms with van der Waals surface area (Å²) in [4.78, 5) is 26.7. The SMILES string of the molecule is O=C(Nc1ccc(SC(F)F)cc1)[C@H]1CC(=O)N(Cc2ccccc2Cl)C1. The summed E-state index contributed by atoms with van der Waals surface area (Å²) < 4.78 is 24.7. The minimum absolute atomic E-state index is 0.0984. The van der Waals surface area contributed by atoms with Gasteiger partial charge in [-0.1, -0.05) is 41.6 Å². The van der Waals surface area contributed by atoms with Crippen molar-refractivity contribution in [2.75, 3.05) is 11.9 Å². The van der Waals surface area contributed by atoms with Crippen molar-refractivity contribution in [2.24, 2.45) is 5.92 Å².